The second kappa shape index (κ2) is 6.59. The van der Waals surface area contributed by atoms with Crippen molar-refractivity contribution < 1.29 is 0 Å². The van der Waals surface area contributed by atoms with E-state index in [0.717, 1.165) is 37.1 Å². The maximum Gasteiger partial charge on any atom is 0.124 e. The molecule has 0 aliphatic carbocycles. The molecule has 24 heavy (non-hydrogen) atoms. The van der Waals surface area contributed by atoms with Crippen LogP contribution in [0.3, 0.4) is 0 Å². The molecule has 0 radical (unpaired) electrons. The van der Waals surface area contributed by atoms with Crippen LogP contribution in [0.15, 0.2) is 70.9 Å². The minimum atomic E-state index is 0.806. The van der Waals surface area contributed by atoms with Crippen LogP contribution in [0.25, 0.3) is 33.3 Å². The fraction of sp³-hybridized carbons (Fsp3) is 0. The first kappa shape index (κ1) is 15.1. The van der Waals surface area contributed by atoms with E-state index in [0.29, 0.717) is 0 Å². The van der Waals surface area contributed by atoms with E-state index in [1.54, 1.807) is 29.9 Å². The number of halogens is 1. The largest absolute Gasteiger partial charge is 0.255 e. The van der Waals surface area contributed by atoms with Crippen LogP contribution in [0.2, 0.25) is 0 Å². The van der Waals surface area contributed by atoms with Gasteiger partial charge in [-0.15, -0.1) is 11.3 Å². The van der Waals surface area contributed by atoms with Crippen LogP contribution in [-0.4, -0.2) is 19.9 Å². The van der Waals surface area contributed by atoms with Gasteiger partial charge in [-0.05, 0) is 52.3 Å². The van der Waals surface area contributed by atoms with Gasteiger partial charge in [0, 0.05) is 18.0 Å². The van der Waals surface area contributed by atoms with Gasteiger partial charge >= 0.3 is 0 Å². The van der Waals surface area contributed by atoms with Crippen molar-refractivity contribution in [2.45, 2.75) is 0 Å². The molecule has 0 amide bonds. The van der Waals surface area contributed by atoms with Gasteiger partial charge < -0.3 is 0 Å². The van der Waals surface area contributed by atoms with Crippen LogP contribution in [0.5, 0.6) is 0 Å². The SMILES string of the molecule is Brc1cnc(-c2cc(-c3ccccn3)nc(-c3ccccn3)c2)s1. The minimum absolute atomic E-state index is 0.806. The maximum absolute atomic E-state index is 4.75. The van der Waals surface area contributed by atoms with Crippen molar-refractivity contribution in [1.82, 2.24) is 19.9 Å². The van der Waals surface area contributed by atoms with Gasteiger partial charge in [0.1, 0.15) is 5.01 Å². The van der Waals surface area contributed by atoms with Gasteiger partial charge in [0.05, 0.1) is 32.8 Å². The monoisotopic (exact) mass is 394 g/mol. The molecular weight excluding hydrogens is 384 g/mol. The third-order valence-corrected chi connectivity index (χ3v) is 4.93. The van der Waals surface area contributed by atoms with Crippen molar-refractivity contribution in [2.24, 2.45) is 0 Å². The lowest BCUT2D eigenvalue weighted by molar-refractivity contribution is 1.22. The molecular formula is C18H11BrN4S. The zero-order valence-corrected chi connectivity index (χ0v) is 14.8. The number of rotatable bonds is 3. The van der Waals surface area contributed by atoms with Crippen molar-refractivity contribution in [3.8, 4) is 33.3 Å². The van der Waals surface area contributed by atoms with E-state index in [2.05, 4.69) is 30.9 Å². The summed E-state index contributed by atoms with van der Waals surface area (Å²) in [5.41, 5.74) is 4.27. The molecule has 4 aromatic heterocycles. The van der Waals surface area contributed by atoms with Crippen LogP contribution in [0, 0.1) is 0 Å². The Kier molecular flexibility index (Phi) is 4.15. The molecule has 4 rings (SSSR count). The van der Waals surface area contributed by atoms with E-state index in [9.17, 15) is 0 Å². The van der Waals surface area contributed by atoms with Crippen molar-refractivity contribution >= 4 is 27.3 Å². The molecule has 4 aromatic rings. The van der Waals surface area contributed by atoms with Gasteiger partial charge in [0.15, 0.2) is 0 Å². The highest BCUT2D eigenvalue weighted by molar-refractivity contribution is 9.11. The predicted octanol–water partition coefficient (Wildman–Crippen LogP) is 5.09. The van der Waals surface area contributed by atoms with Gasteiger partial charge in [-0.3, -0.25) is 9.97 Å². The number of hydrogen-bond donors (Lipinski definition) is 0. The Bertz CT molecular complexity index is 913. The number of hydrogen-bond acceptors (Lipinski definition) is 5. The number of pyridine rings is 3. The summed E-state index contributed by atoms with van der Waals surface area (Å²) >= 11 is 5.06. The van der Waals surface area contributed by atoms with Crippen LogP contribution in [0.1, 0.15) is 0 Å². The van der Waals surface area contributed by atoms with E-state index in [-0.39, 0.29) is 0 Å². The summed E-state index contributed by atoms with van der Waals surface area (Å²) in [4.78, 5) is 18.0. The highest BCUT2D eigenvalue weighted by Crippen LogP contribution is 2.32. The molecule has 4 heterocycles. The summed E-state index contributed by atoms with van der Waals surface area (Å²) < 4.78 is 0.994. The molecule has 0 unspecified atom stereocenters. The second-order valence-electron chi connectivity index (χ2n) is 5.03. The van der Waals surface area contributed by atoms with E-state index < -0.39 is 0 Å². The van der Waals surface area contributed by atoms with E-state index in [1.165, 1.54) is 0 Å². The summed E-state index contributed by atoms with van der Waals surface area (Å²) in [5, 5.41) is 0.929. The molecule has 0 N–H and O–H groups in total. The molecule has 0 aliphatic heterocycles. The van der Waals surface area contributed by atoms with E-state index in [1.807, 2.05) is 48.5 Å². The summed E-state index contributed by atoms with van der Waals surface area (Å²) in [6, 6.07) is 15.6. The van der Waals surface area contributed by atoms with Crippen LogP contribution in [0.4, 0.5) is 0 Å². The molecule has 0 fully saturated rings. The first-order valence-corrected chi connectivity index (χ1v) is 8.87. The molecule has 0 saturated carbocycles. The molecule has 0 saturated heterocycles. The smallest absolute Gasteiger partial charge is 0.124 e. The predicted molar refractivity (Wildman–Crippen MR) is 99.5 cm³/mol. The van der Waals surface area contributed by atoms with Crippen molar-refractivity contribution in [2.75, 3.05) is 0 Å². The summed E-state index contributed by atoms with van der Waals surface area (Å²) in [5.74, 6) is 0. The normalized spacial score (nSPS) is 10.7. The Balaban J connectivity index is 1.91. The summed E-state index contributed by atoms with van der Waals surface area (Å²) in [7, 11) is 0. The Morgan fingerprint density at radius 3 is 1.83 bits per heavy atom. The number of aromatic nitrogens is 4. The Labute approximate surface area is 151 Å². The zero-order valence-electron chi connectivity index (χ0n) is 12.4. The van der Waals surface area contributed by atoms with Crippen LogP contribution >= 0.6 is 27.3 Å². The molecule has 0 aliphatic rings. The second-order valence-corrected chi connectivity index (χ2v) is 7.44. The van der Waals surface area contributed by atoms with Crippen molar-refractivity contribution in [3.05, 3.63) is 70.9 Å². The first-order valence-electron chi connectivity index (χ1n) is 7.26. The Hall–Kier alpha value is -2.44. The average Bonchev–Trinajstić information content (AvgIpc) is 3.09. The van der Waals surface area contributed by atoms with Crippen LogP contribution < -0.4 is 0 Å². The van der Waals surface area contributed by atoms with Crippen LogP contribution in [-0.2, 0) is 0 Å². The lowest BCUT2D eigenvalue weighted by Crippen LogP contribution is -1.93. The maximum atomic E-state index is 4.75. The average molecular weight is 395 g/mol. The zero-order chi connectivity index (χ0) is 16.4. The minimum Gasteiger partial charge on any atom is -0.255 e. The van der Waals surface area contributed by atoms with E-state index >= 15 is 0 Å². The van der Waals surface area contributed by atoms with Gasteiger partial charge in [-0.1, -0.05) is 12.1 Å². The number of thiazole rings is 1. The molecule has 6 heteroatoms. The third-order valence-electron chi connectivity index (χ3n) is 3.40. The topological polar surface area (TPSA) is 51.6 Å². The molecule has 4 nitrogen and oxygen atoms in total. The van der Waals surface area contributed by atoms with Gasteiger partial charge in [-0.25, -0.2) is 9.97 Å². The fourth-order valence-corrected chi connectivity index (χ4v) is 3.53. The third kappa shape index (κ3) is 3.11. The Morgan fingerprint density at radius 2 is 1.38 bits per heavy atom. The van der Waals surface area contributed by atoms with Gasteiger partial charge in [0.25, 0.3) is 0 Å². The standard InChI is InChI=1S/C18H11BrN4S/c19-17-11-22-18(24-17)12-9-15(13-5-1-3-7-20-13)23-16(10-12)14-6-2-4-8-21-14/h1-11H. The lowest BCUT2D eigenvalue weighted by Gasteiger charge is -2.07. The first-order chi connectivity index (χ1) is 11.8. The van der Waals surface area contributed by atoms with Gasteiger partial charge in [-0.2, -0.15) is 0 Å². The van der Waals surface area contributed by atoms with E-state index in [4.69, 9.17) is 4.98 Å². The fourth-order valence-electron chi connectivity index (χ4n) is 2.33. The lowest BCUT2D eigenvalue weighted by atomic mass is 10.1. The molecule has 0 aromatic carbocycles. The molecule has 116 valence electrons. The Morgan fingerprint density at radius 1 is 0.750 bits per heavy atom. The highest BCUT2D eigenvalue weighted by atomic mass is 79.9. The van der Waals surface area contributed by atoms with Gasteiger partial charge in [0.2, 0.25) is 0 Å². The summed E-state index contributed by atoms with van der Waals surface area (Å²) in [6.45, 7) is 0. The van der Waals surface area contributed by atoms with Crippen molar-refractivity contribution in [3.63, 3.8) is 0 Å². The molecule has 0 spiro atoms. The van der Waals surface area contributed by atoms with Crippen molar-refractivity contribution in [1.29, 1.82) is 0 Å². The highest BCUT2D eigenvalue weighted by Gasteiger charge is 2.12. The number of nitrogens with zero attached hydrogens (tertiary/aromatic N) is 4. The summed E-state index contributed by atoms with van der Waals surface area (Å²) in [6.07, 6.45) is 5.34. The quantitative estimate of drug-likeness (QED) is 0.485. The molecule has 0 bridgehead atoms. The molecule has 0 atom stereocenters.